The molecule has 6 nitrogen and oxygen atoms in total. The Morgan fingerprint density at radius 2 is 2.04 bits per heavy atom. The number of aliphatic carboxylic acids is 1. The van der Waals surface area contributed by atoms with Crippen LogP contribution in [0.25, 0.3) is 0 Å². The molecule has 132 valence electrons. The van der Waals surface area contributed by atoms with Gasteiger partial charge >= 0.3 is 5.97 Å². The van der Waals surface area contributed by atoms with Crippen LogP contribution in [-0.4, -0.2) is 27.6 Å². The molecule has 1 aromatic rings. The number of amides is 1. The lowest BCUT2D eigenvalue weighted by Crippen LogP contribution is -2.40. The minimum Gasteiger partial charge on any atom is -0.481 e. The summed E-state index contributed by atoms with van der Waals surface area (Å²) in [6, 6.07) is 2.96. The predicted molar refractivity (Wildman–Crippen MR) is 91.0 cm³/mol. The summed E-state index contributed by atoms with van der Waals surface area (Å²) in [6.07, 6.45) is 8.71. The third-order valence-corrected chi connectivity index (χ3v) is 4.75. The number of carboxylic acids is 1. The number of carbonyl (C=O) groups excluding carboxylic acids is 1. The highest BCUT2D eigenvalue weighted by Crippen LogP contribution is 2.28. The van der Waals surface area contributed by atoms with Gasteiger partial charge in [0.2, 0.25) is 0 Å². The first-order chi connectivity index (χ1) is 11.5. The van der Waals surface area contributed by atoms with Crippen LogP contribution in [0.15, 0.2) is 23.1 Å². The zero-order valence-corrected chi connectivity index (χ0v) is 14.2. The highest BCUT2D eigenvalue weighted by molar-refractivity contribution is 5.94. The number of carboxylic acid groups (broad SMARTS) is 1. The Kier molecular flexibility index (Phi) is 6.58. The first-order valence-electron chi connectivity index (χ1n) is 8.65. The van der Waals surface area contributed by atoms with Crippen LogP contribution in [0.2, 0.25) is 0 Å². The maximum absolute atomic E-state index is 12.4. The van der Waals surface area contributed by atoms with Gasteiger partial charge < -0.3 is 15.0 Å². The minimum atomic E-state index is -0.867. The van der Waals surface area contributed by atoms with Crippen molar-refractivity contribution in [1.82, 2.24) is 9.88 Å². The average molecular weight is 334 g/mol. The van der Waals surface area contributed by atoms with E-state index >= 15 is 0 Å². The quantitative estimate of drug-likeness (QED) is 0.801. The van der Waals surface area contributed by atoms with Crippen molar-refractivity contribution in [3.8, 4) is 0 Å². The molecule has 1 aromatic heterocycles. The molecule has 0 saturated heterocycles. The summed E-state index contributed by atoms with van der Waals surface area (Å²) in [5.74, 6) is -0.757. The van der Waals surface area contributed by atoms with Crippen molar-refractivity contribution in [3.05, 3.63) is 34.2 Å². The Morgan fingerprint density at radius 3 is 2.71 bits per heavy atom. The van der Waals surface area contributed by atoms with Gasteiger partial charge in [-0.25, -0.2) is 0 Å². The Hall–Kier alpha value is -2.11. The fraction of sp³-hybridized carbons (Fsp3) is 0.611. The molecule has 24 heavy (non-hydrogen) atoms. The lowest BCUT2D eigenvalue weighted by Gasteiger charge is -2.27. The lowest BCUT2D eigenvalue weighted by atomic mass is 9.84. The van der Waals surface area contributed by atoms with Crippen molar-refractivity contribution in [2.24, 2.45) is 13.0 Å². The van der Waals surface area contributed by atoms with Crippen molar-refractivity contribution in [2.75, 3.05) is 0 Å². The second-order valence-corrected chi connectivity index (χ2v) is 6.68. The first-order valence-corrected chi connectivity index (χ1v) is 8.65. The molecule has 0 radical (unpaired) electrons. The van der Waals surface area contributed by atoms with E-state index in [1.54, 1.807) is 19.3 Å². The standard InChI is InChI=1S/C18H26N2O4/c1-20-11-5-8-15(18(20)24)17(23)19-14(9-10-16(21)22)12-13-6-3-2-4-7-13/h5,8,11,13-14H,2-4,6-7,9-10,12H2,1H3,(H,19,23)(H,21,22). The molecule has 1 amide bonds. The molecule has 2 N–H and O–H groups in total. The van der Waals surface area contributed by atoms with Gasteiger partial charge in [-0.1, -0.05) is 32.1 Å². The van der Waals surface area contributed by atoms with E-state index in [4.69, 9.17) is 5.11 Å². The van der Waals surface area contributed by atoms with Crippen molar-refractivity contribution in [3.63, 3.8) is 0 Å². The van der Waals surface area contributed by atoms with Crippen molar-refractivity contribution < 1.29 is 14.7 Å². The van der Waals surface area contributed by atoms with Gasteiger partial charge in [-0.2, -0.15) is 0 Å². The van der Waals surface area contributed by atoms with Crippen LogP contribution in [0, 0.1) is 5.92 Å². The number of nitrogens with one attached hydrogen (secondary N) is 1. The molecule has 0 spiro atoms. The number of rotatable bonds is 7. The summed E-state index contributed by atoms with van der Waals surface area (Å²) in [6.45, 7) is 0. The molecule has 1 heterocycles. The van der Waals surface area contributed by atoms with E-state index in [-0.39, 0.29) is 23.6 Å². The van der Waals surface area contributed by atoms with E-state index in [0.717, 1.165) is 19.3 Å². The number of aryl methyl sites for hydroxylation is 1. The minimum absolute atomic E-state index is 0.0183. The second-order valence-electron chi connectivity index (χ2n) is 6.68. The first kappa shape index (κ1) is 18.2. The van der Waals surface area contributed by atoms with Gasteiger partial charge in [-0.3, -0.25) is 14.4 Å². The molecule has 1 aliphatic rings. The number of aromatic nitrogens is 1. The van der Waals surface area contributed by atoms with Crippen LogP contribution in [0.5, 0.6) is 0 Å². The SMILES string of the molecule is Cn1cccc(C(=O)NC(CCC(=O)O)CC2CCCCC2)c1=O. The molecule has 2 rings (SSSR count). The molecule has 6 heteroatoms. The maximum Gasteiger partial charge on any atom is 0.303 e. The molecular weight excluding hydrogens is 308 g/mol. The number of nitrogens with zero attached hydrogens (tertiary/aromatic N) is 1. The van der Waals surface area contributed by atoms with Gasteiger partial charge in [0.05, 0.1) is 0 Å². The Balaban J connectivity index is 2.05. The fourth-order valence-electron chi connectivity index (χ4n) is 3.41. The molecular formula is C18H26N2O4. The van der Waals surface area contributed by atoms with Crippen LogP contribution in [0.3, 0.4) is 0 Å². The summed E-state index contributed by atoms with van der Waals surface area (Å²) < 4.78 is 1.36. The summed E-state index contributed by atoms with van der Waals surface area (Å²) >= 11 is 0. The van der Waals surface area contributed by atoms with Crippen LogP contribution in [0.4, 0.5) is 0 Å². The van der Waals surface area contributed by atoms with E-state index in [0.29, 0.717) is 12.3 Å². The Labute approximate surface area is 141 Å². The topological polar surface area (TPSA) is 88.4 Å². The van der Waals surface area contributed by atoms with Crippen LogP contribution in [0.1, 0.15) is 61.7 Å². The van der Waals surface area contributed by atoms with Gasteiger partial charge in [-0.05, 0) is 30.9 Å². The molecule has 0 bridgehead atoms. The van der Waals surface area contributed by atoms with E-state index in [2.05, 4.69) is 5.32 Å². The normalized spacial score (nSPS) is 16.5. The number of carbonyl (C=O) groups is 2. The smallest absolute Gasteiger partial charge is 0.303 e. The van der Waals surface area contributed by atoms with Crippen LogP contribution in [-0.2, 0) is 11.8 Å². The van der Waals surface area contributed by atoms with Crippen molar-refractivity contribution in [1.29, 1.82) is 0 Å². The maximum atomic E-state index is 12.4. The van der Waals surface area contributed by atoms with Gasteiger partial charge in [0.1, 0.15) is 5.56 Å². The van der Waals surface area contributed by atoms with Crippen LogP contribution >= 0.6 is 0 Å². The van der Waals surface area contributed by atoms with Gasteiger partial charge in [0.25, 0.3) is 11.5 Å². The van der Waals surface area contributed by atoms with Gasteiger partial charge in [-0.15, -0.1) is 0 Å². The second kappa shape index (κ2) is 8.66. The zero-order chi connectivity index (χ0) is 17.5. The summed E-state index contributed by atoms with van der Waals surface area (Å²) in [5.41, 5.74) is -0.242. The predicted octanol–water partition coefficient (Wildman–Crippen LogP) is 2.32. The molecule has 1 atom stereocenters. The monoisotopic (exact) mass is 334 g/mol. The molecule has 1 fully saturated rings. The Morgan fingerprint density at radius 1 is 1.33 bits per heavy atom. The number of hydrogen-bond acceptors (Lipinski definition) is 3. The van der Waals surface area contributed by atoms with Gasteiger partial charge in [0, 0.05) is 25.7 Å². The van der Waals surface area contributed by atoms with Crippen LogP contribution < -0.4 is 10.9 Å². The van der Waals surface area contributed by atoms with Crippen molar-refractivity contribution >= 4 is 11.9 Å². The summed E-state index contributed by atoms with van der Waals surface area (Å²) in [7, 11) is 1.60. The molecule has 0 aromatic carbocycles. The van der Waals surface area contributed by atoms with Crippen molar-refractivity contribution in [2.45, 2.75) is 57.4 Å². The number of hydrogen-bond donors (Lipinski definition) is 2. The highest BCUT2D eigenvalue weighted by Gasteiger charge is 2.22. The molecule has 1 aliphatic carbocycles. The lowest BCUT2D eigenvalue weighted by molar-refractivity contribution is -0.137. The van der Waals surface area contributed by atoms with E-state index in [9.17, 15) is 14.4 Å². The molecule has 1 unspecified atom stereocenters. The molecule has 1 saturated carbocycles. The largest absolute Gasteiger partial charge is 0.481 e. The third kappa shape index (κ3) is 5.22. The fourth-order valence-corrected chi connectivity index (χ4v) is 3.41. The third-order valence-electron chi connectivity index (χ3n) is 4.75. The number of pyridine rings is 1. The zero-order valence-electron chi connectivity index (χ0n) is 14.2. The van der Waals surface area contributed by atoms with E-state index in [1.807, 2.05) is 0 Å². The highest BCUT2D eigenvalue weighted by atomic mass is 16.4. The van der Waals surface area contributed by atoms with E-state index < -0.39 is 11.9 Å². The molecule has 0 aliphatic heterocycles. The van der Waals surface area contributed by atoms with E-state index in [1.165, 1.54) is 29.9 Å². The van der Waals surface area contributed by atoms with Gasteiger partial charge in [0.15, 0.2) is 0 Å². The summed E-state index contributed by atoms with van der Waals surface area (Å²) in [4.78, 5) is 35.4. The summed E-state index contributed by atoms with van der Waals surface area (Å²) in [5, 5.41) is 11.8. The Bertz CT molecular complexity index is 632. The average Bonchev–Trinajstić information content (AvgIpc) is 2.56.